The van der Waals surface area contributed by atoms with Crippen LogP contribution >= 0.6 is 23.2 Å². The number of hydrogen-bond donors (Lipinski definition) is 0. The van der Waals surface area contributed by atoms with Crippen molar-refractivity contribution in [1.29, 1.82) is 0 Å². The summed E-state index contributed by atoms with van der Waals surface area (Å²) in [5.41, 5.74) is 0.308. The van der Waals surface area contributed by atoms with E-state index in [1.54, 1.807) is 47.4 Å². The fraction of sp³-hybridized carbons (Fsp3) is 0.540. The predicted molar refractivity (Wildman–Crippen MR) is 247 cm³/mol. The highest BCUT2D eigenvalue weighted by atomic mass is 35.5. The molecule has 9 rings (SSSR count). The van der Waals surface area contributed by atoms with Gasteiger partial charge in [-0.15, -0.1) is 0 Å². The summed E-state index contributed by atoms with van der Waals surface area (Å²) in [6.45, 7) is 4.65. The first-order valence-electron chi connectivity index (χ1n) is 23.8. The predicted octanol–water partition coefficient (Wildman–Crippen LogP) is 10.7. The largest absolute Gasteiger partial charge is 0.441 e. The Labute approximate surface area is 396 Å². The smallest absolute Gasteiger partial charge is 0.296 e. The molecule has 3 fully saturated rings. The molecule has 356 valence electrons. The van der Waals surface area contributed by atoms with Gasteiger partial charge in [-0.1, -0.05) is 95.4 Å². The Balaban J connectivity index is 0.976. The molecule has 67 heavy (non-hydrogen) atoms. The molecule has 0 aliphatic heterocycles. The average Bonchev–Trinajstić information content (AvgIpc) is 3.99. The zero-order valence-corrected chi connectivity index (χ0v) is 39.4. The Morgan fingerprint density at radius 3 is 1.97 bits per heavy atom. The van der Waals surface area contributed by atoms with E-state index >= 15 is 8.78 Å². The van der Waals surface area contributed by atoms with Gasteiger partial charge in [-0.05, 0) is 131 Å². The highest BCUT2D eigenvalue weighted by Gasteiger charge is 2.39. The molecular formula is C50H57Cl2F2N7O6. The van der Waals surface area contributed by atoms with Crippen LogP contribution in [0.5, 0.6) is 0 Å². The van der Waals surface area contributed by atoms with Crippen LogP contribution in [0.2, 0.25) is 10.0 Å². The third kappa shape index (κ3) is 9.91. The first-order chi connectivity index (χ1) is 32.4. The lowest BCUT2D eigenvalue weighted by atomic mass is 9.72. The van der Waals surface area contributed by atoms with Crippen molar-refractivity contribution in [2.45, 2.75) is 141 Å². The van der Waals surface area contributed by atoms with Gasteiger partial charge < -0.3 is 0 Å². The molecule has 0 N–H and O–H groups in total. The number of pyridine rings is 1. The third-order valence-electron chi connectivity index (χ3n) is 15.0. The molecule has 0 saturated heterocycles. The lowest BCUT2D eigenvalue weighted by molar-refractivity contribution is 0.210. The SMILES string of the molecule is CC(C)(c1c(F)cccc1Cl)c1noc(=O)n1CC1CCCC(CC(c2c(F)cccc2Cl)c2noc(=O)n2CC2CCCC(C(c3cccnc3)c3noc(=O)n3CC3CCCCC3)C2)C1. The van der Waals surface area contributed by atoms with Crippen molar-refractivity contribution in [3.8, 4) is 0 Å². The van der Waals surface area contributed by atoms with Gasteiger partial charge in [0.15, 0.2) is 17.5 Å². The topological polar surface area (TPSA) is 157 Å². The van der Waals surface area contributed by atoms with Gasteiger partial charge in [0.2, 0.25) is 0 Å². The van der Waals surface area contributed by atoms with Crippen LogP contribution in [0.1, 0.15) is 150 Å². The maximum Gasteiger partial charge on any atom is 0.441 e. The summed E-state index contributed by atoms with van der Waals surface area (Å²) in [6.07, 6.45) is 16.0. The minimum atomic E-state index is -1.10. The van der Waals surface area contributed by atoms with E-state index in [4.69, 9.17) is 36.8 Å². The van der Waals surface area contributed by atoms with Gasteiger partial charge in [-0.3, -0.25) is 32.3 Å². The summed E-state index contributed by atoms with van der Waals surface area (Å²) in [4.78, 5) is 44.7. The fourth-order valence-corrected chi connectivity index (χ4v) is 12.6. The van der Waals surface area contributed by atoms with Crippen LogP contribution in [0.3, 0.4) is 0 Å². The van der Waals surface area contributed by atoms with Crippen molar-refractivity contribution < 1.29 is 22.4 Å². The van der Waals surface area contributed by atoms with Gasteiger partial charge in [-0.25, -0.2) is 23.2 Å². The van der Waals surface area contributed by atoms with Crippen LogP contribution in [-0.2, 0) is 25.0 Å². The van der Waals surface area contributed by atoms with Gasteiger partial charge >= 0.3 is 17.3 Å². The number of halogens is 4. The van der Waals surface area contributed by atoms with Crippen LogP contribution in [0, 0.1) is 41.2 Å². The molecule has 2 aromatic carbocycles. The molecule has 3 aliphatic carbocycles. The van der Waals surface area contributed by atoms with Crippen molar-refractivity contribution >= 4 is 23.2 Å². The molecule has 17 heteroatoms. The maximum atomic E-state index is 16.1. The second-order valence-corrected chi connectivity index (χ2v) is 20.6. The monoisotopic (exact) mass is 959 g/mol. The van der Waals surface area contributed by atoms with E-state index < -0.39 is 40.2 Å². The van der Waals surface area contributed by atoms with E-state index in [1.165, 1.54) is 29.2 Å². The van der Waals surface area contributed by atoms with Gasteiger partial charge in [0.1, 0.15) is 11.6 Å². The molecule has 6 atom stereocenters. The summed E-state index contributed by atoms with van der Waals surface area (Å²) < 4.78 is 52.2. The third-order valence-corrected chi connectivity index (χ3v) is 15.7. The number of benzene rings is 2. The standard InChI is InChI=1S/C50H57Cl2F2N7O6/c1-50(2,43-38(52)19-9-21-40(43)54)46-58-67-49(64)61(46)29-32-14-6-13-31(23-32)25-36(42-37(51)18-8-20-39(42)53)44-56-65-47(62)59(44)28-33-15-7-16-34(24-33)41(35-17-10-22-55-26-35)45-57-66-48(63)60(45)27-30-11-4-3-5-12-30/h8-10,17-22,26,30-34,36,41H,3-7,11-16,23-25,27-29H2,1-2H3. The van der Waals surface area contributed by atoms with Crippen molar-refractivity contribution in [2.75, 3.05) is 0 Å². The Morgan fingerprint density at radius 2 is 1.25 bits per heavy atom. The lowest BCUT2D eigenvalue weighted by Crippen LogP contribution is -2.33. The summed E-state index contributed by atoms with van der Waals surface area (Å²) in [5.74, 6) is -2.11. The van der Waals surface area contributed by atoms with Crippen molar-refractivity contribution in [3.05, 3.63) is 148 Å². The van der Waals surface area contributed by atoms with Gasteiger partial charge in [0.05, 0.1) is 17.3 Å². The number of hydrogen-bond acceptors (Lipinski definition) is 10. The molecule has 3 saturated carbocycles. The molecule has 0 spiro atoms. The van der Waals surface area contributed by atoms with Crippen LogP contribution in [-0.4, -0.2) is 34.2 Å². The normalized spacial score (nSPS) is 21.6. The second kappa shape index (κ2) is 20.2. The quantitative estimate of drug-likeness (QED) is 0.0970. The van der Waals surface area contributed by atoms with Gasteiger partial charge in [0.25, 0.3) is 0 Å². The fourth-order valence-electron chi connectivity index (χ4n) is 11.9. The Morgan fingerprint density at radius 1 is 0.657 bits per heavy atom. The molecule has 3 aliphatic rings. The summed E-state index contributed by atoms with van der Waals surface area (Å²) in [6, 6.07) is 12.9. The van der Waals surface area contributed by atoms with E-state index in [0.29, 0.717) is 49.9 Å². The zero-order valence-electron chi connectivity index (χ0n) is 37.9. The summed E-state index contributed by atoms with van der Waals surface area (Å²) in [5, 5.41) is 13.4. The highest BCUT2D eigenvalue weighted by molar-refractivity contribution is 6.31. The summed E-state index contributed by atoms with van der Waals surface area (Å²) in [7, 11) is 0. The first-order valence-corrected chi connectivity index (χ1v) is 24.6. The number of aromatic nitrogens is 7. The molecule has 6 unspecified atom stereocenters. The zero-order chi connectivity index (χ0) is 46.8. The molecular weight excluding hydrogens is 903 g/mol. The van der Waals surface area contributed by atoms with Crippen molar-refractivity contribution in [3.63, 3.8) is 0 Å². The first kappa shape index (κ1) is 46.9. The lowest BCUT2D eigenvalue weighted by Gasteiger charge is -2.35. The molecule has 4 aromatic heterocycles. The minimum Gasteiger partial charge on any atom is -0.296 e. The molecule has 0 radical (unpaired) electrons. The van der Waals surface area contributed by atoms with Gasteiger partial charge in [-0.2, -0.15) is 0 Å². The minimum absolute atomic E-state index is 0.00609. The second-order valence-electron chi connectivity index (χ2n) is 19.8. The van der Waals surface area contributed by atoms with Crippen LogP contribution < -0.4 is 17.3 Å². The molecule has 0 bridgehead atoms. The average molecular weight is 961 g/mol. The Hall–Kier alpha value is -5.15. The maximum absolute atomic E-state index is 16.1. The van der Waals surface area contributed by atoms with Crippen LogP contribution in [0.4, 0.5) is 8.78 Å². The van der Waals surface area contributed by atoms with E-state index in [2.05, 4.69) is 20.5 Å². The highest BCUT2D eigenvalue weighted by Crippen LogP contribution is 2.45. The Kier molecular flexibility index (Phi) is 14.2. The molecule has 13 nitrogen and oxygen atoms in total. The van der Waals surface area contributed by atoms with Crippen molar-refractivity contribution in [2.24, 2.45) is 29.6 Å². The van der Waals surface area contributed by atoms with E-state index in [9.17, 15) is 14.4 Å². The van der Waals surface area contributed by atoms with E-state index in [1.807, 2.05) is 18.3 Å². The van der Waals surface area contributed by atoms with Gasteiger partial charge in [0, 0.05) is 53.2 Å². The molecule has 6 aromatic rings. The molecule has 4 heterocycles. The number of rotatable bonds is 15. The van der Waals surface area contributed by atoms with Crippen LogP contribution in [0.25, 0.3) is 0 Å². The molecule has 0 amide bonds. The van der Waals surface area contributed by atoms with E-state index in [-0.39, 0.29) is 63.1 Å². The van der Waals surface area contributed by atoms with Crippen LogP contribution in [0.15, 0.2) is 88.9 Å². The number of nitrogens with zero attached hydrogens (tertiary/aromatic N) is 7. The van der Waals surface area contributed by atoms with E-state index in [0.717, 1.165) is 69.8 Å². The van der Waals surface area contributed by atoms with Crippen molar-refractivity contribution in [1.82, 2.24) is 34.2 Å². The Bertz CT molecular complexity index is 2790. The summed E-state index contributed by atoms with van der Waals surface area (Å²) >= 11 is 13.3.